The summed E-state index contributed by atoms with van der Waals surface area (Å²) in [5.41, 5.74) is -0.402. The van der Waals surface area contributed by atoms with Gasteiger partial charge < -0.3 is 113 Å². The Balaban J connectivity index is 1.25. The van der Waals surface area contributed by atoms with Crippen LogP contribution < -0.4 is 14.9 Å². The Labute approximate surface area is 379 Å². The highest BCUT2D eigenvalue weighted by Crippen LogP contribution is 2.37. The van der Waals surface area contributed by atoms with E-state index in [4.69, 9.17) is 51.8 Å². The molecule has 7 rings (SSSR count). The second-order valence-electron chi connectivity index (χ2n) is 16.4. The van der Waals surface area contributed by atoms with Crippen LogP contribution in [0.1, 0.15) is 13.8 Å². The number of phenols is 1. The van der Waals surface area contributed by atoms with Gasteiger partial charge in [0.25, 0.3) is 0 Å². The fourth-order valence-electron chi connectivity index (χ4n) is 8.08. The van der Waals surface area contributed by atoms with E-state index >= 15 is 0 Å². The van der Waals surface area contributed by atoms with Crippen molar-refractivity contribution in [2.24, 2.45) is 0 Å². The smallest absolute Gasteiger partial charge is 0.303 e. The van der Waals surface area contributed by atoms with Crippen LogP contribution in [0.3, 0.4) is 0 Å². The van der Waals surface area contributed by atoms with Gasteiger partial charge in [0.2, 0.25) is 6.29 Å². The molecule has 25 nitrogen and oxygen atoms in total. The fourth-order valence-corrected chi connectivity index (χ4v) is 8.08. The summed E-state index contributed by atoms with van der Waals surface area (Å²) in [7, 11) is 1.47. The molecule has 0 unspecified atom stereocenters. The molecule has 4 aliphatic rings. The Kier molecular flexibility index (Phi) is 16.0. The first kappa shape index (κ1) is 50.7. The number of methoxy groups -OCH3 is 1. The van der Waals surface area contributed by atoms with Crippen LogP contribution in [0.25, 0.3) is 22.3 Å². The molecule has 20 atom stereocenters. The molecule has 0 spiro atoms. The van der Waals surface area contributed by atoms with Crippen LogP contribution in [-0.2, 0) is 42.7 Å². The Morgan fingerprint density at radius 2 is 1.22 bits per heavy atom. The third-order valence-corrected chi connectivity index (χ3v) is 11.8. The van der Waals surface area contributed by atoms with E-state index in [-0.39, 0.29) is 22.5 Å². The van der Waals surface area contributed by atoms with Crippen molar-refractivity contribution in [1.29, 1.82) is 0 Å². The SMILES string of the molecule is COc1ccc(-c2cc(=O)c3c(O)cc(O[C@@H]4O[C@H](CO[C@@H]5O[C@@H](C)[C@H](O)[C@@H](O)[C@H]5O)[C@@H](O)[C@H](O)[C@H]4O[C@@H]4O[C@H](CO)[C@@H](O)[C@H](OC(C)=O)[C@H]4O[C@@H]4O[C@H](CO)[C@@H](O)[C@H](O)[C@H]4O)cc3o2)cc1. The number of ether oxygens (including phenoxy) is 10. The van der Waals surface area contributed by atoms with Gasteiger partial charge in [0, 0.05) is 30.7 Å². The van der Waals surface area contributed by atoms with E-state index in [1.165, 1.54) is 20.1 Å². The van der Waals surface area contributed by atoms with Gasteiger partial charge in [-0.25, -0.2) is 0 Å². The maximum Gasteiger partial charge on any atom is 0.303 e. The zero-order valence-corrected chi connectivity index (χ0v) is 35.9. The molecule has 0 aliphatic carbocycles. The quantitative estimate of drug-likeness (QED) is 0.0677. The molecule has 0 saturated carbocycles. The standard InChI is InChI=1S/C42H54O25/c1-14-27(48)31(52)34(55)39(59-14)58-13-25-29(50)33(54)37(41(65-25)61-18-8-19(46)26-20(47)10-21(62-22(26)9-18)16-4-6-17(57-3)7-5-16)66-42-38(36(60-15(2)45)30(51)24(12-44)64-42)67-40-35(56)32(53)28(49)23(11-43)63-40/h4-10,14,23-25,27-44,46,48-56H,11-13H2,1-3H3/t14-,23+,24+,25+,27-,28+,29+,30+,31+,32-,33-,34+,35+,36-,37+,38+,39+,40-,41+,42-/m0/s1. The number of rotatable bonds is 14. The summed E-state index contributed by atoms with van der Waals surface area (Å²) in [6.45, 7) is -0.184. The zero-order chi connectivity index (χ0) is 48.6. The van der Waals surface area contributed by atoms with Crippen molar-refractivity contribution in [3.63, 3.8) is 0 Å². The molecule has 4 saturated heterocycles. The summed E-state index contributed by atoms with van der Waals surface area (Å²) in [5.74, 6) is -1.36. The van der Waals surface area contributed by atoms with Crippen molar-refractivity contribution in [2.75, 3.05) is 26.9 Å². The largest absolute Gasteiger partial charge is 0.507 e. The minimum absolute atomic E-state index is 0.0736. The molecule has 0 bridgehead atoms. The van der Waals surface area contributed by atoms with Crippen molar-refractivity contribution >= 4 is 16.9 Å². The molecular formula is C42H54O25. The summed E-state index contributed by atoms with van der Waals surface area (Å²) in [5, 5.41) is 128. The Hall–Kier alpha value is -4.20. The maximum atomic E-state index is 13.3. The number of benzene rings is 2. The molecule has 0 amide bonds. The van der Waals surface area contributed by atoms with E-state index in [9.17, 15) is 70.9 Å². The molecule has 2 aromatic carbocycles. The number of carbonyl (C=O) groups is 1. The van der Waals surface area contributed by atoms with Crippen molar-refractivity contribution in [1.82, 2.24) is 0 Å². The lowest BCUT2D eigenvalue weighted by molar-refractivity contribution is -0.390. The van der Waals surface area contributed by atoms with E-state index in [1.807, 2.05) is 0 Å². The third kappa shape index (κ3) is 10.5. The second kappa shape index (κ2) is 21.2. The lowest BCUT2D eigenvalue weighted by Crippen LogP contribution is -2.67. The Morgan fingerprint density at radius 3 is 1.88 bits per heavy atom. The molecule has 3 aromatic rings. The molecule has 4 aliphatic heterocycles. The van der Waals surface area contributed by atoms with E-state index in [0.29, 0.717) is 11.3 Å². The average molecular weight is 959 g/mol. The molecule has 0 radical (unpaired) electrons. The lowest BCUT2D eigenvalue weighted by Gasteiger charge is -2.49. The summed E-state index contributed by atoms with van der Waals surface area (Å²) >= 11 is 0. The summed E-state index contributed by atoms with van der Waals surface area (Å²) in [4.78, 5) is 25.7. The van der Waals surface area contributed by atoms with Crippen LogP contribution in [0.5, 0.6) is 17.2 Å². The first-order chi connectivity index (χ1) is 31.8. The predicted molar refractivity (Wildman–Crippen MR) is 217 cm³/mol. The zero-order valence-electron chi connectivity index (χ0n) is 35.9. The van der Waals surface area contributed by atoms with Crippen molar-refractivity contribution < 1.29 is 118 Å². The van der Waals surface area contributed by atoms with Crippen molar-refractivity contribution in [3.05, 3.63) is 52.7 Å². The van der Waals surface area contributed by atoms with Gasteiger partial charge in [-0.1, -0.05) is 0 Å². The molecule has 372 valence electrons. The first-order valence-electron chi connectivity index (χ1n) is 21.0. The first-order valence-corrected chi connectivity index (χ1v) is 21.0. The number of aromatic hydroxyl groups is 1. The summed E-state index contributed by atoms with van der Waals surface area (Å²) in [6, 6.07) is 9.81. The van der Waals surface area contributed by atoms with Crippen LogP contribution in [0.2, 0.25) is 0 Å². The molecule has 67 heavy (non-hydrogen) atoms. The van der Waals surface area contributed by atoms with Crippen LogP contribution in [0.15, 0.2) is 51.7 Å². The van der Waals surface area contributed by atoms with Crippen LogP contribution in [0.4, 0.5) is 0 Å². The Bertz CT molecular complexity index is 2190. The number of hydrogen-bond donors (Lipinski definition) is 12. The minimum atomic E-state index is -2.12. The highest BCUT2D eigenvalue weighted by molar-refractivity contribution is 5.86. The summed E-state index contributed by atoms with van der Waals surface area (Å²) in [6.07, 6.45) is -36.0. The number of phenolic OH excluding ortho intramolecular Hbond substituents is 1. The molecule has 25 heteroatoms. The topological polar surface area (TPSA) is 382 Å². The van der Waals surface area contributed by atoms with Gasteiger partial charge in [-0.3, -0.25) is 9.59 Å². The van der Waals surface area contributed by atoms with Gasteiger partial charge in [0.15, 0.2) is 42.6 Å². The van der Waals surface area contributed by atoms with Gasteiger partial charge in [0.1, 0.15) is 107 Å². The van der Waals surface area contributed by atoms with E-state index < -0.39 is 160 Å². The lowest BCUT2D eigenvalue weighted by atomic mass is 9.96. The van der Waals surface area contributed by atoms with Crippen molar-refractivity contribution in [3.8, 4) is 28.6 Å². The van der Waals surface area contributed by atoms with Gasteiger partial charge in [-0.15, -0.1) is 0 Å². The summed E-state index contributed by atoms with van der Waals surface area (Å²) < 4.78 is 63.4. The molecule has 5 heterocycles. The molecular weight excluding hydrogens is 904 g/mol. The highest BCUT2D eigenvalue weighted by Gasteiger charge is 2.56. The van der Waals surface area contributed by atoms with Gasteiger partial charge >= 0.3 is 5.97 Å². The molecule has 1 aromatic heterocycles. The third-order valence-electron chi connectivity index (χ3n) is 11.8. The number of carbonyl (C=O) groups excluding carboxylic acids is 1. The Morgan fingerprint density at radius 1 is 0.627 bits per heavy atom. The maximum absolute atomic E-state index is 13.3. The number of aliphatic hydroxyl groups is 11. The highest BCUT2D eigenvalue weighted by atomic mass is 16.8. The van der Waals surface area contributed by atoms with E-state index in [0.717, 1.165) is 19.1 Å². The molecule has 4 fully saturated rings. The number of aliphatic hydroxyl groups excluding tert-OH is 11. The van der Waals surface area contributed by atoms with Crippen molar-refractivity contribution in [2.45, 2.75) is 137 Å². The fraction of sp³-hybridized carbons (Fsp3) is 0.619. The number of fused-ring (bicyclic) bond motifs is 1. The van der Waals surface area contributed by atoms with Crippen LogP contribution in [-0.4, -0.2) is 217 Å². The van der Waals surface area contributed by atoms with Crippen LogP contribution >= 0.6 is 0 Å². The monoisotopic (exact) mass is 958 g/mol. The number of hydrogen-bond acceptors (Lipinski definition) is 25. The van der Waals surface area contributed by atoms with Crippen LogP contribution in [0, 0.1) is 0 Å². The second-order valence-corrected chi connectivity index (χ2v) is 16.4. The van der Waals surface area contributed by atoms with Gasteiger partial charge in [-0.05, 0) is 31.2 Å². The number of esters is 1. The minimum Gasteiger partial charge on any atom is -0.507 e. The predicted octanol–water partition coefficient (Wildman–Crippen LogP) is -4.58. The van der Waals surface area contributed by atoms with E-state index in [1.54, 1.807) is 24.3 Å². The normalized spacial score (nSPS) is 39.2. The van der Waals surface area contributed by atoms with E-state index in [2.05, 4.69) is 0 Å². The molecule has 12 N–H and O–H groups in total. The average Bonchev–Trinajstić information content (AvgIpc) is 3.30. The van der Waals surface area contributed by atoms with Gasteiger partial charge in [0.05, 0.1) is 33.0 Å². The van der Waals surface area contributed by atoms with Gasteiger partial charge in [-0.2, -0.15) is 0 Å².